The zero-order chi connectivity index (χ0) is 28.4. The molecule has 0 bridgehead atoms. The largest absolute Gasteiger partial charge is 0.454 e. The molecule has 0 saturated carbocycles. The summed E-state index contributed by atoms with van der Waals surface area (Å²) in [5.41, 5.74) is 3.69. The van der Waals surface area contributed by atoms with Crippen LogP contribution in [-0.4, -0.2) is 63.3 Å². The summed E-state index contributed by atoms with van der Waals surface area (Å²) in [4.78, 5) is 31.8. The van der Waals surface area contributed by atoms with E-state index >= 15 is 0 Å². The van der Waals surface area contributed by atoms with E-state index in [1.807, 2.05) is 47.6 Å². The van der Waals surface area contributed by atoms with Gasteiger partial charge in [-0.25, -0.2) is 4.98 Å². The lowest BCUT2D eigenvalue weighted by Gasteiger charge is -2.26. The van der Waals surface area contributed by atoms with Gasteiger partial charge in [0.2, 0.25) is 18.6 Å². The third-order valence-electron chi connectivity index (χ3n) is 7.36. The number of rotatable bonds is 7. The molecule has 0 atom stereocenters. The molecule has 41 heavy (non-hydrogen) atoms. The number of ether oxygens (including phenoxy) is 2. The number of nitrogens with zero attached hydrogens (tertiary/aromatic N) is 6. The van der Waals surface area contributed by atoms with Gasteiger partial charge in [-0.15, -0.1) is 0 Å². The highest BCUT2D eigenvalue weighted by Crippen LogP contribution is 2.33. The Morgan fingerprint density at radius 2 is 1.78 bits per heavy atom. The van der Waals surface area contributed by atoms with Gasteiger partial charge in [-0.1, -0.05) is 57.2 Å². The third-order valence-corrected chi connectivity index (χ3v) is 7.36. The maximum atomic E-state index is 13.0. The number of amides is 1. The van der Waals surface area contributed by atoms with Crippen molar-refractivity contribution >= 4 is 28.8 Å². The Morgan fingerprint density at radius 3 is 2.61 bits per heavy atom. The number of hydrogen-bond donors (Lipinski definition) is 1. The minimum absolute atomic E-state index is 0.0348. The molecule has 4 aromatic rings. The summed E-state index contributed by atoms with van der Waals surface area (Å²) in [7, 11) is 0. The minimum atomic E-state index is -0.0348. The van der Waals surface area contributed by atoms with Crippen molar-refractivity contribution in [2.45, 2.75) is 46.7 Å². The molecule has 0 aliphatic carbocycles. The molecular formula is C31H37N7O3. The molecule has 2 aromatic heterocycles. The van der Waals surface area contributed by atoms with E-state index in [1.54, 1.807) is 0 Å². The van der Waals surface area contributed by atoms with E-state index in [-0.39, 0.29) is 18.1 Å². The van der Waals surface area contributed by atoms with Crippen LogP contribution in [-0.2, 0) is 17.9 Å². The molecule has 2 aliphatic rings. The number of imidazole rings is 1. The van der Waals surface area contributed by atoms with Crippen LogP contribution in [0.4, 0.5) is 11.8 Å². The lowest BCUT2D eigenvalue weighted by atomic mass is 9.91. The fourth-order valence-corrected chi connectivity index (χ4v) is 5.26. The van der Waals surface area contributed by atoms with Gasteiger partial charge in [0.05, 0.1) is 12.9 Å². The van der Waals surface area contributed by atoms with Gasteiger partial charge in [0.25, 0.3) is 0 Å². The summed E-state index contributed by atoms with van der Waals surface area (Å²) < 4.78 is 13.1. The molecule has 214 valence electrons. The molecule has 4 heterocycles. The van der Waals surface area contributed by atoms with E-state index in [9.17, 15) is 4.79 Å². The smallest absolute Gasteiger partial charge is 0.231 e. The molecule has 1 amide bonds. The van der Waals surface area contributed by atoms with Crippen molar-refractivity contribution in [3.63, 3.8) is 0 Å². The Morgan fingerprint density at radius 1 is 0.951 bits per heavy atom. The number of benzene rings is 2. The summed E-state index contributed by atoms with van der Waals surface area (Å²) >= 11 is 0. The molecule has 0 radical (unpaired) electrons. The fourth-order valence-electron chi connectivity index (χ4n) is 5.26. The number of aromatic nitrogens is 4. The Hall–Kier alpha value is -4.34. The number of nitrogens with one attached hydrogen (secondary N) is 1. The molecular weight excluding hydrogens is 518 g/mol. The van der Waals surface area contributed by atoms with Gasteiger partial charge >= 0.3 is 0 Å². The zero-order valence-corrected chi connectivity index (χ0v) is 24.0. The second kappa shape index (κ2) is 11.3. The molecule has 1 N–H and O–H groups in total. The van der Waals surface area contributed by atoms with Crippen LogP contribution in [0.1, 0.15) is 44.7 Å². The van der Waals surface area contributed by atoms with Crippen molar-refractivity contribution in [1.29, 1.82) is 0 Å². The summed E-state index contributed by atoms with van der Waals surface area (Å²) in [6, 6.07) is 16.2. The van der Waals surface area contributed by atoms with Crippen LogP contribution in [0.15, 0.2) is 54.9 Å². The molecule has 10 nitrogen and oxygen atoms in total. The van der Waals surface area contributed by atoms with Crippen LogP contribution in [0, 0.1) is 5.41 Å². The molecule has 6 rings (SSSR count). The Kier molecular flexibility index (Phi) is 7.38. The molecule has 0 spiro atoms. The summed E-state index contributed by atoms with van der Waals surface area (Å²) in [5.74, 6) is 3.05. The van der Waals surface area contributed by atoms with Crippen molar-refractivity contribution in [2.75, 3.05) is 43.2 Å². The Balaban J connectivity index is 1.28. The van der Waals surface area contributed by atoms with E-state index in [0.29, 0.717) is 44.4 Å². The summed E-state index contributed by atoms with van der Waals surface area (Å²) in [6.07, 6.45) is 3.24. The van der Waals surface area contributed by atoms with Crippen LogP contribution >= 0.6 is 0 Å². The van der Waals surface area contributed by atoms with E-state index in [1.165, 1.54) is 5.56 Å². The van der Waals surface area contributed by atoms with Crippen molar-refractivity contribution < 1.29 is 14.3 Å². The van der Waals surface area contributed by atoms with E-state index in [0.717, 1.165) is 47.7 Å². The van der Waals surface area contributed by atoms with Gasteiger partial charge in [0, 0.05) is 39.1 Å². The monoisotopic (exact) mass is 555 g/mol. The van der Waals surface area contributed by atoms with Gasteiger partial charge in [-0.05, 0) is 35.1 Å². The average Bonchev–Trinajstić information content (AvgIpc) is 3.50. The second-order valence-electron chi connectivity index (χ2n) is 11.9. The lowest BCUT2D eigenvalue weighted by molar-refractivity contribution is -0.132. The van der Waals surface area contributed by atoms with Gasteiger partial charge < -0.3 is 29.2 Å². The van der Waals surface area contributed by atoms with Crippen LogP contribution in [0.5, 0.6) is 11.5 Å². The SMILES string of the molecule is CC(C)(C)CC(=O)N1CCCN(c2nc(NCc3ccc4c(c3)OCO4)c3ncn(Cc4ccccc4)c3n2)CC1. The number of fused-ring (bicyclic) bond motifs is 2. The molecule has 0 unspecified atom stereocenters. The van der Waals surface area contributed by atoms with Crippen LogP contribution in [0.3, 0.4) is 0 Å². The first-order chi connectivity index (χ1) is 19.8. The summed E-state index contributed by atoms with van der Waals surface area (Å²) in [5, 5.41) is 3.51. The standard InChI is InChI=1S/C31H37N7O3/c1-31(2,3)17-26(39)36-12-7-13-37(15-14-36)30-34-28(32-18-23-10-11-24-25(16-23)41-21-40-24)27-29(35-30)38(20-33-27)19-22-8-5-4-6-9-22/h4-6,8-11,16,20H,7,12-15,17-19,21H2,1-3H3,(H,32,34,35). The van der Waals surface area contributed by atoms with Gasteiger partial charge in [0.15, 0.2) is 28.5 Å². The van der Waals surface area contributed by atoms with Crippen LogP contribution < -0.4 is 19.7 Å². The third kappa shape index (κ3) is 6.21. The van der Waals surface area contributed by atoms with Crippen molar-refractivity contribution in [1.82, 2.24) is 24.4 Å². The molecule has 2 aliphatic heterocycles. The van der Waals surface area contributed by atoms with Gasteiger partial charge in [0.1, 0.15) is 0 Å². The van der Waals surface area contributed by atoms with Crippen molar-refractivity contribution in [3.05, 3.63) is 66.0 Å². The molecule has 1 saturated heterocycles. The topological polar surface area (TPSA) is 97.6 Å². The van der Waals surface area contributed by atoms with E-state index in [2.05, 4.69) is 47.7 Å². The van der Waals surface area contributed by atoms with Crippen LogP contribution in [0.2, 0.25) is 0 Å². The maximum absolute atomic E-state index is 13.0. The highest BCUT2D eigenvalue weighted by Gasteiger charge is 2.25. The quantitative estimate of drug-likeness (QED) is 0.351. The second-order valence-corrected chi connectivity index (χ2v) is 11.9. The molecule has 1 fully saturated rings. The van der Waals surface area contributed by atoms with Crippen molar-refractivity contribution in [2.24, 2.45) is 5.41 Å². The molecule has 10 heteroatoms. The van der Waals surface area contributed by atoms with E-state index < -0.39 is 0 Å². The lowest BCUT2D eigenvalue weighted by Crippen LogP contribution is -2.37. The predicted molar refractivity (Wildman–Crippen MR) is 158 cm³/mol. The number of carbonyl (C=O) groups excluding carboxylic acids is 1. The first kappa shape index (κ1) is 26.9. The van der Waals surface area contributed by atoms with Crippen LogP contribution in [0.25, 0.3) is 11.2 Å². The highest BCUT2D eigenvalue weighted by atomic mass is 16.7. The zero-order valence-electron chi connectivity index (χ0n) is 24.0. The van der Waals surface area contributed by atoms with Gasteiger partial charge in [-0.3, -0.25) is 4.79 Å². The Bertz CT molecular complexity index is 1530. The first-order valence-electron chi connectivity index (χ1n) is 14.2. The minimum Gasteiger partial charge on any atom is -0.454 e. The van der Waals surface area contributed by atoms with Crippen molar-refractivity contribution in [3.8, 4) is 11.5 Å². The molecule has 2 aromatic carbocycles. The number of anilines is 2. The first-order valence-corrected chi connectivity index (χ1v) is 14.2. The normalized spacial score (nSPS) is 15.3. The number of hydrogen-bond acceptors (Lipinski definition) is 8. The number of carbonyl (C=O) groups is 1. The highest BCUT2D eigenvalue weighted by molar-refractivity contribution is 5.84. The average molecular weight is 556 g/mol. The van der Waals surface area contributed by atoms with Gasteiger partial charge in [-0.2, -0.15) is 9.97 Å². The maximum Gasteiger partial charge on any atom is 0.231 e. The fraction of sp³-hybridized carbons (Fsp3) is 0.419. The summed E-state index contributed by atoms with van der Waals surface area (Å²) in [6.45, 7) is 10.6. The predicted octanol–water partition coefficient (Wildman–Crippen LogP) is 4.69. The van der Waals surface area contributed by atoms with E-state index in [4.69, 9.17) is 24.4 Å². The Labute approximate surface area is 240 Å².